The molecule has 4 nitrogen and oxygen atoms in total. The van der Waals surface area contributed by atoms with Crippen LogP contribution in [0.25, 0.3) is 10.9 Å². The zero-order chi connectivity index (χ0) is 20.9. The van der Waals surface area contributed by atoms with Crippen LogP contribution >= 0.6 is 0 Å². The Balaban J connectivity index is 1.71. The fraction of sp³-hybridized carbons (Fsp3) is 0.154. The fourth-order valence-corrected chi connectivity index (χ4v) is 3.72. The lowest BCUT2D eigenvalue weighted by molar-refractivity contribution is 0.0747. The van der Waals surface area contributed by atoms with Gasteiger partial charge in [0, 0.05) is 31.6 Å². The maximum absolute atomic E-state index is 13.6. The predicted molar refractivity (Wildman–Crippen MR) is 121 cm³/mol. The van der Waals surface area contributed by atoms with Crippen molar-refractivity contribution >= 4 is 16.8 Å². The Morgan fingerprint density at radius 3 is 2.13 bits per heavy atom. The normalized spacial score (nSPS) is 10.8. The number of para-hydroxylation sites is 1. The van der Waals surface area contributed by atoms with E-state index in [1.807, 2.05) is 77.7 Å². The van der Waals surface area contributed by atoms with E-state index in [1.165, 1.54) is 11.6 Å². The molecule has 3 aromatic carbocycles. The van der Waals surface area contributed by atoms with Crippen LogP contribution in [-0.4, -0.2) is 21.9 Å². The van der Waals surface area contributed by atoms with E-state index >= 15 is 0 Å². The van der Waals surface area contributed by atoms with Crippen LogP contribution in [0.4, 0.5) is 0 Å². The average molecular weight is 396 g/mol. The van der Waals surface area contributed by atoms with E-state index in [0.29, 0.717) is 18.7 Å². The summed E-state index contributed by atoms with van der Waals surface area (Å²) in [6.45, 7) is 1.07. The van der Waals surface area contributed by atoms with E-state index in [-0.39, 0.29) is 11.5 Å². The number of amides is 1. The molecule has 1 heterocycles. The van der Waals surface area contributed by atoms with Gasteiger partial charge in [-0.2, -0.15) is 0 Å². The summed E-state index contributed by atoms with van der Waals surface area (Å²) >= 11 is 0. The summed E-state index contributed by atoms with van der Waals surface area (Å²) in [5, 5.41) is 0.794. The molecule has 0 spiro atoms. The van der Waals surface area contributed by atoms with Crippen LogP contribution in [0.15, 0.2) is 95.8 Å². The second kappa shape index (κ2) is 8.78. The minimum atomic E-state index is -0.181. The van der Waals surface area contributed by atoms with E-state index in [0.717, 1.165) is 22.9 Å². The quantitative estimate of drug-likeness (QED) is 0.484. The summed E-state index contributed by atoms with van der Waals surface area (Å²) in [6.07, 6.45) is 0.752. The van der Waals surface area contributed by atoms with E-state index in [4.69, 9.17) is 0 Å². The van der Waals surface area contributed by atoms with Gasteiger partial charge in [-0.15, -0.1) is 0 Å². The maximum Gasteiger partial charge on any atom is 0.255 e. The molecule has 0 unspecified atom stereocenters. The highest BCUT2D eigenvalue weighted by atomic mass is 16.2. The third-order valence-electron chi connectivity index (χ3n) is 5.40. The number of aryl methyl sites for hydroxylation is 1. The van der Waals surface area contributed by atoms with Gasteiger partial charge in [-0.05, 0) is 23.6 Å². The average Bonchev–Trinajstić information content (AvgIpc) is 2.80. The highest BCUT2D eigenvalue weighted by molar-refractivity contribution is 6.06. The van der Waals surface area contributed by atoms with Gasteiger partial charge in [0.1, 0.15) is 0 Å². The Hall–Kier alpha value is -3.66. The highest BCUT2D eigenvalue weighted by Gasteiger charge is 2.20. The Kier molecular flexibility index (Phi) is 5.75. The standard InChI is InChI=1S/C26H24N2O2/c1-27-24-15-9-8-14-22(24)23(18-25(27)29)26(30)28(19-21-12-6-3-7-13-21)17-16-20-10-4-2-5-11-20/h2-15,18H,16-17,19H2,1H3. The first kappa shape index (κ1) is 19.6. The number of carbonyl (C=O) groups excluding carboxylic acids is 1. The van der Waals surface area contributed by atoms with Gasteiger partial charge < -0.3 is 9.47 Å². The van der Waals surface area contributed by atoms with Crippen LogP contribution < -0.4 is 5.56 Å². The second-order valence-electron chi connectivity index (χ2n) is 7.42. The molecule has 1 amide bonds. The van der Waals surface area contributed by atoms with E-state index in [1.54, 1.807) is 11.6 Å². The zero-order valence-corrected chi connectivity index (χ0v) is 17.0. The molecule has 0 saturated heterocycles. The van der Waals surface area contributed by atoms with Gasteiger partial charge in [0.05, 0.1) is 11.1 Å². The van der Waals surface area contributed by atoms with Crippen molar-refractivity contribution in [3.05, 3.63) is 118 Å². The molecule has 0 atom stereocenters. The molecule has 0 N–H and O–H groups in total. The molecule has 0 aliphatic heterocycles. The molecule has 30 heavy (non-hydrogen) atoms. The Bertz CT molecular complexity index is 1210. The number of nitrogens with zero attached hydrogens (tertiary/aromatic N) is 2. The number of rotatable bonds is 6. The van der Waals surface area contributed by atoms with Crippen molar-refractivity contribution in [2.75, 3.05) is 6.54 Å². The topological polar surface area (TPSA) is 42.3 Å². The third kappa shape index (κ3) is 4.18. The fourth-order valence-electron chi connectivity index (χ4n) is 3.72. The van der Waals surface area contributed by atoms with E-state index in [9.17, 15) is 9.59 Å². The van der Waals surface area contributed by atoms with Gasteiger partial charge in [0.25, 0.3) is 11.5 Å². The van der Waals surface area contributed by atoms with Crippen molar-refractivity contribution in [2.45, 2.75) is 13.0 Å². The molecule has 4 heteroatoms. The number of benzene rings is 3. The molecule has 4 rings (SSSR count). The van der Waals surface area contributed by atoms with Crippen molar-refractivity contribution in [3.8, 4) is 0 Å². The summed E-state index contributed by atoms with van der Waals surface area (Å²) < 4.78 is 1.58. The number of hydrogen-bond acceptors (Lipinski definition) is 2. The van der Waals surface area contributed by atoms with Crippen LogP contribution in [0, 0.1) is 0 Å². The molecule has 0 radical (unpaired) electrons. The minimum absolute atomic E-state index is 0.122. The predicted octanol–water partition coefficient (Wildman–Crippen LogP) is 4.42. The molecule has 0 bridgehead atoms. The highest BCUT2D eigenvalue weighted by Crippen LogP contribution is 2.19. The summed E-state index contributed by atoms with van der Waals surface area (Å²) in [6, 6.07) is 29.1. The van der Waals surface area contributed by atoms with Crippen LogP contribution in [0.2, 0.25) is 0 Å². The first-order valence-corrected chi connectivity index (χ1v) is 10.1. The van der Waals surface area contributed by atoms with Gasteiger partial charge in [-0.3, -0.25) is 9.59 Å². The van der Waals surface area contributed by atoms with Gasteiger partial charge in [-0.25, -0.2) is 0 Å². The summed E-state index contributed by atoms with van der Waals surface area (Å²) in [5.74, 6) is -0.122. The maximum atomic E-state index is 13.6. The number of fused-ring (bicyclic) bond motifs is 1. The molecular formula is C26H24N2O2. The molecule has 1 aromatic heterocycles. The minimum Gasteiger partial charge on any atom is -0.334 e. The molecular weight excluding hydrogens is 372 g/mol. The summed E-state index contributed by atoms with van der Waals surface area (Å²) in [7, 11) is 1.73. The summed E-state index contributed by atoms with van der Waals surface area (Å²) in [5.41, 5.74) is 3.28. The van der Waals surface area contributed by atoms with Gasteiger partial charge in [0.2, 0.25) is 0 Å². The lowest BCUT2D eigenvalue weighted by atomic mass is 10.1. The molecule has 0 aliphatic carbocycles. The second-order valence-corrected chi connectivity index (χ2v) is 7.42. The van der Waals surface area contributed by atoms with Crippen molar-refractivity contribution in [1.29, 1.82) is 0 Å². The number of hydrogen-bond donors (Lipinski definition) is 0. The van der Waals surface area contributed by atoms with Crippen molar-refractivity contribution in [3.63, 3.8) is 0 Å². The van der Waals surface area contributed by atoms with E-state index < -0.39 is 0 Å². The van der Waals surface area contributed by atoms with E-state index in [2.05, 4.69) is 12.1 Å². The third-order valence-corrected chi connectivity index (χ3v) is 5.40. The van der Waals surface area contributed by atoms with Crippen molar-refractivity contribution < 1.29 is 4.79 Å². The Morgan fingerprint density at radius 1 is 0.833 bits per heavy atom. The van der Waals surface area contributed by atoms with Crippen molar-refractivity contribution in [2.24, 2.45) is 7.05 Å². The first-order chi connectivity index (χ1) is 14.6. The number of pyridine rings is 1. The zero-order valence-electron chi connectivity index (χ0n) is 17.0. The number of carbonyl (C=O) groups is 1. The monoisotopic (exact) mass is 396 g/mol. The van der Waals surface area contributed by atoms with Crippen LogP contribution in [-0.2, 0) is 20.0 Å². The smallest absolute Gasteiger partial charge is 0.255 e. The first-order valence-electron chi connectivity index (χ1n) is 10.1. The molecule has 150 valence electrons. The van der Waals surface area contributed by atoms with Crippen LogP contribution in [0.3, 0.4) is 0 Å². The largest absolute Gasteiger partial charge is 0.334 e. The summed E-state index contributed by atoms with van der Waals surface area (Å²) in [4.78, 5) is 28.0. The Labute approximate surface area is 176 Å². The van der Waals surface area contributed by atoms with Crippen LogP contribution in [0.1, 0.15) is 21.5 Å². The van der Waals surface area contributed by atoms with Crippen LogP contribution in [0.5, 0.6) is 0 Å². The lowest BCUT2D eigenvalue weighted by Gasteiger charge is -2.24. The Morgan fingerprint density at radius 2 is 1.43 bits per heavy atom. The van der Waals surface area contributed by atoms with Gasteiger partial charge in [0.15, 0.2) is 0 Å². The molecule has 4 aromatic rings. The van der Waals surface area contributed by atoms with Gasteiger partial charge in [-0.1, -0.05) is 78.9 Å². The van der Waals surface area contributed by atoms with Crippen molar-refractivity contribution in [1.82, 2.24) is 9.47 Å². The molecule has 0 fully saturated rings. The lowest BCUT2D eigenvalue weighted by Crippen LogP contribution is -2.34. The van der Waals surface area contributed by atoms with Gasteiger partial charge >= 0.3 is 0 Å². The number of aromatic nitrogens is 1. The molecule has 0 saturated carbocycles. The molecule has 0 aliphatic rings. The SMILES string of the molecule is Cn1c(=O)cc(C(=O)N(CCc2ccccc2)Cc2ccccc2)c2ccccc21.